The average molecular weight is 360 g/mol. The number of hydrogen-bond acceptors (Lipinski definition) is 4. The van der Waals surface area contributed by atoms with Crippen molar-refractivity contribution in [1.29, 1.82) is 0 Å². The van der Waals surface area contributed by atoms with Crippen LogP contribution >= 0.6 is 24.2 Å². The Morgan fingerprint density at radius 3 is 2.48 bits per heavy atom. The topological polar surface area (TPSA) is 84.2 Å². The molecule has 0 aliphatic carbocycles. The molecule has 0 bridgehead atoms. The number of rotatable bonds is 7. The third kappa shape index (κ3) is 7.24. The van der Waals surface area contributed by atoms with E-state index in [9.17, 15) is 9.59 Å². The second-order valence-electron chi connectivity index (χ2n) is 5.58. The van der Waals surface area contributed by atoms with E-state index in [2.05, 4.69) is 16.7 Å². The largest absolute Gasteiger partial charge is 0.350 e. The quantitative estimate of drug-likeness (QED) is 0.649. The van der Waals surface area contributed by atoms with Gasteiger partial charge in [-0.05, 0) is 36.3 Å². The maximum Gasteiger partial charge on any atom is 0.239 e. The summed E-state index contributed by atoms with van der Waals surface area (Å²) in [5.74, 6) is -0.484. The van der Waals surface area contributed by atoms with E-state index in [0.29, 0.717) is 6.54 Å². The number of amides is 2. The molecule has 0 unspecified atom stereocenters. The Balaban J connectivity index is 0.00000484. The van der Waals surface area contributed by atoms with Gasteiger partial charge in [-0.15, -0.1) is 24.2 Å². The first kappa shape index (κ1) is 21.8. The molecule has 130 valence electrons. The summed E-state index contributed by atoms with van der Waals surface area (Å²) in [6.45, 7) is 6.16. The van der Waals surface area contributed by atoms with E-state index in [4.69, 9.17) is 5.73 Å². The van der Waals surface area contributed by atoms with E-state index in [0.717, 1.165) is 10.5 Å². The SMILES string of the molecule is CSc1cc(C)ccc1CNC(=O)CNC(=O)[C@@H](N)C(C)C.Cl. The molecule has 1 aromatic rings. The molecule has 0 saturated heterocycles. The summed E-state index contributed by atoms with van der Waals surface area (Å²) in [6, 6.07) is 5.53. The molecular formula is C16H26ClN3O2S. The normalized spacial score (nSPS) is 11.6. The fourth-order valence-corrected chi connectivity index (χ4v) is 2.55. The average Bonchev–Trinajstić information content (AvgIpc) is 2.50. The predicted molar refractivity (Wildman–Crippen MR) is 97.9 cm³/mol. The van der Waals surface area contributed by atoms with Crippen molar-refractivity contribution >= 4 is 36.0 Å². The van der Waals surface area contributed by atoms with Gasteiger partial charge >= 0.3 is 0 Å². The van der Waals surface area contributed by atoms with Crippen LogP contribution in [0.5, 0.6) is 0 Å². The van der Waals surface area contributed by atoms with Crippen molar-refractivity contribution < 1.29 is 9.59 Å². The van der Waals surface area contributed by atoms with Crippen LogP contribution in [-0.2, 0) is 16.1 Å². The summed E-state index contributed by atoms with van der Waals surface area (Å²) in [5, 5.41) is 5.37. The van der Waals surface area contributed by atoms with E-state index in [1.165, 1.54) is 5.56 Å². The molecule has 7 heteroatoms. The smallest absolute Gasteiger partial charge is 0.239 e. The van der Waals surface area contributed by atoms with Crippen molar-refractivity contribution in [1.82, 2.24) is 10.6 Å². The van der Waals surface area contributed by atoms with Crippen LogP contribution in [0.15, 0.2) is 23.1 Å². The molecule has 0 spiro atoms. The van der Waals surface area contributed by atoms with E-state index in [-0.39, 0.29) is 36.7 Å². The van der Waals surface area contributed by atoms with Crippen LogP contribution in [0.25, 0.3) is 0 Å². The van der Waals surface area contributed by atoms with E-state index < -0.39 is 6.04 Å². The fourth-order valence-electron chi connectivity index (χ4n) is 1.84. The van der Waals surface area contributed by atoms with Crippen LogP contribution in [0.3, 0.4) is 0 Å². The summed E-state index contributed by atoms with van der Waals surface area (Å²) < 4.78 is 0. The van der Waals surface area contributed by atoms with Crippen LogP contribution in [0.4, 0.5) is 0 Å². The Labute approximate surface area is 148 Å². The zero-order chi connectivity index (χ0) is 16.7. The molecule has 0 aliphatic heterocycles. The maximum atomic E-state index is 11.8. The van der Waals surface area contributed by atoms with Gasteiger partial charge < -0.3 is 16.4 Å². The minimum atomic E-state index is -0.590. The van der Waals surface area contributed by atoms with Crippen LogP contribution in [0, 0.1) is 12.8 Å². The first-order valence-electron chi connectivity index (χ1n) is 7.28. The molecule has 23 heavy (non-hydrogen) atoms. The minimum Gasteiger partial charge on any atom is -0.350 e. The second-order valence-corrected chi connectivity index (χ2v) is 6.43. The highest BCUT2D eigenvalue weighted by molar-refractivity contribution is 7.98. The highest BCUT2D eigenvalue weighted by Crippen LogP contribution is 2.21. The van der Waals surface area contributed by atoms with Crippen molar-refractivity contribution in [3.05, 3.63) is 29.3 Å². The van der Waals surface area contributed by atoms with E-state index in [1.54, 1.807) is 11.8 Å². The monoisotopic (exact) mass is 359 g/mol. The van der Waals surface area contributed by atoms with Gasteiger partial charge in [0, 0.05) is 11.4 Å². The number of hydrogen-bond donors (Lipinski definition) is 3. The maximum absolute atomic E-state index is 11.8. The van der Waals surface area contributed by atoms with E-state index in [1.807, 2.05) is 39.2 Å². The van der Waals surface area contributed by atoms with Crippen LogP contribution in [0.1, 0.15) is 25.0 Å². The van der Waals surface area contributed by atoms with Gasteiger partial charge in [-0.25, -0.2) is 0 Å². The molecule has 0 aliphatic rings. The second kappa shape index (κ2) is 10.5. The minimum absolute atomic E-state index is 0. The fraction of sp³-hybridized carbons (Fsp3) is 0.500. The lowest BCUT2D eigenvalue weighted by atomic mass is 10.1. The van der Waals surface area contributed by atoms with Gasteiger partial charge in [0.05, 0.1) is 12.6 Å². The summed E-state index contributed by atoms with van der Waals surface area (Å²) >= 11 is 1.65. The standard InChI is InChI=1S/C16H25N3O2S.ClH/c1-10(2)15(17)16(21)19-9-14(20)18-8-12-6-5-11(3)7-13(12)22-4;/h5-7,10,15H,8-9,17H2,1-4H3,(H,18,20)(H,19,21);1H/t15-;/m0./s1. The van der Waals surface area contributed by atoms with Crippen molar-refractivity contribution in [2.75, 3.05) is 12.8 Å². The first-order valence-corrected chi connectivity index (χ1v) is 8.51. The van der Waals surface area contributed by atoms with Crippen LogP contribution in [-0.4, -0.2) is 30.7 Å². The Bertz CT molecular complexity index is 538. The number of nitrogens with two attached hydrogens (primary N) is 1. The lowest BCUT2D eigenvalue weighted by molar-refractivity contribution is -0.127. The molecule has 0 aromatic heterocycles. The number of benzene rings is 1. The lowest BCUT2D eigenvalue weighted by Gasteiger charge is -2.15. The Morgan fingerprint density at radius 2 is 1.91 bits per heavy atom. The number of carbonyl (C=O) groups excluding carboxylic acids is 2. The third-order valence-electron chi connectivity index (χ3n) is 3.36. The Hall–Kier alpha value is -1.24. The van der Waals surface area contributed by atoms with Gasteiger partial charge in [0.2, 0.25) is 11.8 Å². The number of thioether (sulfide) groups is 1. The lowest BCUT2D eigenvalue weighted by Crippen LogP contribution is -2.47. The predicted octanol–water partition coefficient (Wildman–Crippen LogP) is 1.85. The first-order chi connectivity index (χ1) is 10.3. The number of carbonyl (C=O) groups is 2. The molecule has 1 rings (SSSR count). The zero-order valence-corrected chi connectivity index (χ0v) is 15.6. The molecule has 2 amide bonds. The molecule has 0 radical (unpaired) electrons. The van der Waals surface area contributed by atoms with Crippen molar-refractivity contribution in [3.8, 4) is 0 Å². The molecule has 0 saturated carbocycles. The molecule has 1 aromatic carbocycles. The highest BCUT2D eigenvalue weighted by atomic mass is 35.5. The van der Waals surface area contributed by atoms with Crippen molar-refractivity contribution in [2.45, 2.75) is 38.3 Å². The summed E-state index contributed by atoms with van der Waals surface area (Å²) in [7, 11) is 0. The van der Waals surface area contributed by atoms with Gasteiger partial charge in [0.15, 0.2) is 0 Å². The number of nitrogens with one attached hydrogen (secondary N) is 2. The van der Waals surface area contributed by atoms with Crippen molar-refractivity contribution in [2.24, 2.45) is 11.7 Å². The zero-order valence-electron chi connectivity index (χ0n) is 14.0. The van der Waals surface area contributed by atoms with Gasteiger partial charge in [-0.1, -0.05) is 26.0 Å². The summed E-state index contributed by atoms with van der Waals surface area (Å²) in [5.41, 5.74) is 7.97. The van der Waals surface area contributed by atoms with Crippen LogP contribution in [0.2, 0.25) is 0 Å². The number of aryl methyl sites for hydroxylation is 1. The molecular weight excluding hydrogens is 334 g/mol. The molecule has 1 atom stereocenters. The Morgan fingerprint density at radius 1 is 1.26 bits per heavy atom. The summed E-state index contributed by atoms with van der Waals surface area (Å²) in [6.07, 6.45) is 2.01. The Kier molecular flexibility index (Phi) is 9.95. The highest BCUT2D eigenvalue weighted by Gasteiger charge is 2.17. The van der Waals surface area contributed by atoms with Gasteiger partial charge in [0.1, 0.15) is 0 Å². The van der Waals surface area contributed by atoms with E-state index >= 15 is 0 Å². The van der Waals surface area contributed by atoms with Gasteiger partial charge in [-0.3, -0.25) is 9.59 Å². The number of halogens is 1. The molecule has 5 nitrogen and oxygen atoms in total. The summed E-state index contributed by atoms with van der Waals surface area (Å²) in [4.78, 5) is 24.6. The van der Waals surface area contributed by atoms with Gasteiger partial charge in [0.25, 0.3) is 0 Å². The van der Waals surface area contributed by atoms with Gasteiger partial charge in [-0.2, -0.15) is 0 Å². The molecule has 0 heterocycles. The third-order valence-corrected chi connectivity index (χ3v) is 4.18. The molecule has 4 N–H and O–H groups in total. The van der Waals surface area contributed by atoms with Crippen molar-refractivity contribution in [3.63, 3.8) is 0 Å². The molecule has 0 fully saturated rings. The van der Waals surface area contributed by atoms with Crippen LogP contribution < -0.4 is 16.4 Å².